The van der Waals surface area contributed by atoms with E-state index in [2.05, 4.69) is 20.0 Å². The number of hydrogen-bond donors (Lipinski definition) is 2. The van der Waals surface area contributed by atoms with Crippen molar-refractivity contribution in [1.82, 2.24) is 15.5 Å². The molecule has 1 heterocycles. The lowest BCUT2D eigenvalue weighted by molar-refractivity contribution is -0.136. The summed E-state index contributed by atoms with van der Waals surface area (Å²) in [5.41, 5.74) is 0. The van der Waals surface area contributed by atoms with Crippen LogP contribution >= 0.6 is 0 Å². The number of amides is 1. The Morgan fingerprint density at radius 3 is 2.86 bits per heavy atom. The molecule has 1 rings (SSSR count). The Labute approximate surface area is 79.1 Å². The lowest BCUT2D eigenvalue weighted by Gasteiger charge is -1.93. The molecule has 0 saturated carbocycles. The second-order valence-corrected chi connectivity index (χ2v) is 2.58. The highest BCUT2D eigenvalue weighted by Crippen LogP contribution is 1.97. The number of hydrogen-bond acceptors (Lipinski definition) is 5. The van der Waals surface area contributed by atoms with Crippen molar-refractivity contribution in [3.8, 4) is 0 Å². The van der Waals surface area contributed by atoms with Crippen molar-refractivity contribution in [3.05, 3.63) is 11.7 Å². The van der Waals surface area contributed by atoms with Gasteiger partial charge in [-0.05, 0) is 0 Å². The molecule has 0 saturated heterocycles. The number of carbonyl (C=O) groups is 2. The van der Waals surface area contributed by atoms with Gasteiger partial charge in [0.05, 0.1) is 6.54 Å². The van der Waals surface area contributed by atoms with Gasteiger partial charge in [-0.3, -0.25) is 9.59 Å². The van der Waals surface area contributed by atoms with Crippen LogP contribution in [-0.4, -0.2) is 27.1 Å². The highest BCUT2D eigenvalue weighted by atomic mass is 16.5. The first-order chi connectivity index (χ1) is 6.58. The van der Waals surface area contributed by atoms with Gasteiger partial charge in [0, 0.05) is 6.92 Å². The summed E-state index contributed by atoms with van der Waals surface area (Å²) in [4.78, 5) is 24.5. The van der Waals surface area contributed by atoms with Gasteiger partial charge in [-0.25, -0.2) is 0 Å². The first kappa shape index (κ1) is 10.2. The maximum atomic E-state index is 10.5. The van der Waals surface area contributed by atoms with Gasteiger partial charge in [0.1, 0.15) is 6.42 Å². The number of carbonyl (C=O) groups excluding carboxylic acids is 1. The van der Waals surface area contributed by atoms with E-state index in [-0.39, 0.29) is 30.6 Å². The molecular formula is C7H9N3O4. The molecule has 14 heavy (non-hydrogen) atoms. The van der Waals surface area contributed by atoms with E-state index in [9.17, 15) is 9.59 Å². The predicted molar refractivity (Wildman–Crippen MR) is 43.2 cm³/mol. The van der Waals surface area contributed by atoms with E-state index in [1.165, 1.54) is 6.92 Å². The zero-order valence-electron chi connectivity index (χ0n) is 7.48. The van der Waals surface area contributed by atoms with Gasteiger partial charge in [-0.15, -0.1) is 0 Å². The van der Waals surface area contributed by atoms with E-state index in [1.807, 2.05) is 0 Å². The molecule has 0 aliphatic heterocycles. The van der Waals surface area contributed by atoms with E-state index < -0.39 is 5.97 Å². The van der Waals surface area contributed by atoms with E-state index in [0.29, 0.717) is 0 Å². The molecule has 0 atom stereocenters. The van der Waals surface area contributed by atoms with Gasteiger partial charge in [0.2, 0.25) is 11.8 Å². The fourth-order valence-corrected chi connectivity index (χ4v) is 0.769. The molecular weight excluding hydrogens is 190 g/mol. The lowest BCUT2D eigenvalue weighted by atomic mass is 10.4. The third kappa shape index (κ3) is 3.21. The number of aliphatic carboxylic acids is 1. The highest BCUT2D eigenvalue weighted by molar-refractivity contribution is 5.72. The topological polar surface area (TPSA) is 105 Å². The summed E-state index contributed by atoms with van der Waals surface area (Å²) >= 11 is 0. The molecule has 0 aromatic carbocycles. The fourth-order valence-electron chi connectivity index (χ4n) is 0.769. The minimum absolute atomic E-state index is 0.0952. The van der Waals surface area contributed by atoms with Crippen LogP contribution in [0.3, 0.4) is 0 Å². The molecule has 1 aromatic rings. The molecule has 76 valence electrons. The Hall–Kier alpha value is -1.92. The second-order valence-electron chi connectivity index (χ2n) is 2.58. The first-order valence-corrected chi connectivity index (χ1v) is 3.85. The van der Waals surface area contributed by atoms with E-state index in [4.69, 9.17) is 5.11 Å². The second kappa shape index (κ2) is 4.35. The lowest BCUT2D eigenvalue weighted by Crippen LogP contribution is -2.19. The van der Waals surface area contributed by atoms with Crippen LogP contribution in [0.4, 0.5) is 0 Å². The van der Waals surface area contributed by atoms with Crippen molar-refractivity contribution in [2.75, 3.05) is 0 Å². The third-order valence-electron chi connectivity index (χ3n) is 1.31. The predicted octanol–water partition coefficient (Wildman–Crippen LogP) is -0.667. The largest absolute Gasteiger partial charge is 0.481 e. The number of aromatic nitrogens is 2. The van der Waals surface area contributed by atoms with Crippen molar-refractivity contribution in [2.24, 2.45) is 0 Å². The molecule has 0 aliphatic carbocycles. The average Bonchev–Trinajstić information content (AvgIpc) is 2.47. The van der Waals surface area contributed by atoms with Crippen LogP contribution in [0.15, 0.2) is 4.52 Å². The Morgan fingerprint density at radius 2 is 2.29 bits per heavy atom. The number of carboxylic acid groups (broad SMARTS) is 1. The molecule has 0 fully saturated rings. The van der Waals surface area contributed by atoms with Crippen LogP contribution in [0.2, 0.25) is 0 Å². The number of nitrogens with one attached hydrogen (secondary N) is 1. The Morgan fingerprint density at radius 1 is 1.57 bits per heavy atom. The van der Waals surface area contributed by atoms with Gasteiger partial charge >= 0.3 is 5.97 Å². The normalized spacial score (nSPS) is 9.79. The zero-order valence-corrected chi connectivity index (χ0v) is 7.48. The van der Waals surface area contributed by atoms with Gasteiger partial charge in [-0.1, -0.05) is 5.16 Å². The maximum Gasteiger partial charge on any atom is 0.311 e. The first-order valence-electron chi connectivity index (χ1n) is 3.85. The average molecular weight is 199 g/mol. The summed E-state index contributed by atoms with van der Waals surface area (Å²) in [6.07, 6.45) is -0.288. The van der Waals surface area contributed by atoms with Gasteiger partial charge in [0.15, 0.2) is 5.82 Å². The zero-order chi connectivity index (χ0) is 10.6. The molecule has 0 bridgehead atoms. The highest BCUT2D eigenvalue weighted by Gasteiger charge is 2.09. The van der Waals surface area contributed by atoms with Crippen LogP contribution in [0, 0.1) is 0 Å². The molecule has 0 aliphatic rings. The maximum absolute atomic E-state index is 10.5. The van der Waals surface area contributed by atoms with Gasteiger partial charge < -0.3 is 14.9 Å². The number of carboxylic acids is 1. The summed E-state index contributed by atoms with van der Waals surface area (Å²) in [5.74, 6) is -0.964. The Kier molecular flexibility index (Phi) is 3.16. The summed E-state index contributed by atoms with van der Waals surface area (Å²) in [7, 11) is 0. The van der Waals surface area contributed by atoms with Crippen LogP contribution in [0.1, 0.15) is 18.6 Å². The summed E-state index contributed by atoms with van der Waals surface area (Å²) < 4.78 is 4.68. The van der Waals surface area contributed by atoms with E-state index in [1.54, 1.807) is 0 Å². The van der Waals surface area contributed by atoms with E-state index >= 15 is 0 Å². The number of rotatable bonds is 4. The summed E-state index contributed by atoms with van der Waals surface area (Å²) in [6.45, 7) is 1.47. The molecule has 0 radical (unpaired) electrons. The molecule has 7 nitrogen and oxygen atoms in total. The molecule has 1 amide bonds. The quantitative estimate of drug-likeness (QED) is 0.666. The monoisotopic (exact) mass is 199 g/mol. The van der Waals surface area contributed by atoms with Crippen LogP contribution in [-0.2, 0) is 22.6 Å². The Balaban J connectivity index is 2.50. The smallest absolute Gasteiger partial charge is 0.311 e. The third-order valence-corrected chi connectivity index (χ3v) is 1.31. The molecule has 7 heteroatoms. The van der Waals surface area contributed by atoms with Crippen LogP contribution < -0.4 is 5.32 Å². The van der Waals surface area contributed by atoms with Crippen molar-refractivity contribution in [1.29, 1.82) is 0 Å². The van der Waals surface area contributed by atoms with Crippen LogP contribution in [0.25, 0.3) is 0 Å². The number of nitrogens with zero attached hydrogens (tertiary/aromatic N) is 2. The van der Waals surface area contributed by atoms with Crippen molar-refractivity contribution >= 4 is 11.9 Å². The van der Waals surface area contributed by atoms with Crippen molar-refractivity contribution < 1.29 is 19.2 Å². The summed E-state index contributed by atoms with van der Waals surface area (Å²) in [6, 6.07) is 0. The molecule has 0 spiro atoms. The minimum Gasteiger partial charge on any atom is -0.481 e. The SMILES string of the molecule is CC(=O)NCc1nc(CC(=O)O)no1. The van der Waals surface area contributed by atoms with Gasteiger partial charge in [0.25, 0.3) is 0 Å². The summed E-state index contributed by atoms with van der Waals surface area (Å²) in [5, 5.41) is 14.3. The van der Waals surface area contributed by atoms with Crippen molar-refractivity contribution in [3.63, 3.8) is 0 Å². The fraction of sp³-hybridized carbons (Fsp3) is 0.429. The van der Waals surface area contributed by atoms with Crippen LogP contribution in [0.5, 0.6) is 0 Å². The Bertz CT molecular complexity index is 346. The molecule has 0 unspecified atom stereocenters. The molecule has 2 N–H and O–H groups in total. The molecule has 1 aromatic heterocycles. The van der Waals surface area contributed by atoms with E-state index in [0.717, 1.165) is 0 Å². The standard InChI is InChI=1S/C7H9N3O4/c1-4(11)8-3-6-9-5(10-14-6)2-7(12)13/h2-3H2,1H3,(H,8,11)(H,12,13). The minimum atomic E-state index is -1.03. The van der Waals surface area contributed by atoms with Crippen molar-refractivity contribution in [2.45, 2.75) is 19.9 Å². The van der Waals surface area contributed by atoms with Gasteiger partial charge in [-0.2, -0.15) is 4.98 Å².